The smallest absolute Gasteiger partial charge is 0.234 e. The van der Waals surface area contributed by atoms with Crippen LogP contribution in [0.4, 0.5) is 5.69 Å². The van der Waals surface area contributed by atoms with E-state index in [4.69, 9.17) is 4.74 Å². The van der Waals surface area contributed by atoms with Gasteiger partial charge < -0.3 is 15.0 Å². The van der Waals surface area contributed by atoms with Gasteiger partial charge in [-0.05, 0) is 50.0 Å². The molecule has 0 radical (unpaired) electrons. The number of amides is 1. The van der Waals surface area contributed by atoms with Crippen molar-refractivity contribution >= 4 is 23.4 Å². The van der Waals surface area contributed by atoms with Crippen LogP contribution in [0.25, 0.3) is 0 Å². The Balaban J connectivity index is 1.69. The minimum absolute atomic E-state index is 0.00911. The zero-order valence-electron chi connectivity index (χ0n) is 14.1. The standard InChI is InChI=1S/C18H23N3O2S/c1-21(2)10-11-23-17-7-5-16(6-8-17)20-18(22)14-24-13-15-4-3-9-19-12-15/h3-9,12H,10-11,13-14H2,1-2H3,(H,20,22). The molecule has 0 unspecified atom stereocenters. The summed E-state index contributed by atoms with van der Waals surface area (Å²) in [5.74, 6) is 1.99. The van der Waals surface area contributed by atoms with Crippen LogP contribution in [0, 0.1) is 0 Å². The second-order valence-electron chi connectivity index (χ2n) is 5.58. The average Bonchev–Trinajstić information content (AvgIpc) is 2.57. The lowest BCUT2D eigenvalue weighted by molar-refractivity contribution is -0.113. The Kier molecular flexibility index (Phi) is 7.58. The van der Waals surface area contributed by atoms with Crippen molar-refractivity contribution in [2.75, 3.05) is 38.3 Å². The summed E-state index contributed by atoms with van der Waals surface area (Å²) in [4.78, 5) is 18.1. The van der Waals surface area contributed by atoms with Gasteiger partial charge in [0.1, 0.15) is 12.4 Å². The fraction of sp³-hybridized carbons (Fsp3) is 0.333. The fourth-order valence-corrected chi connectivity index (χ4v) is 2.69. The highest BCUT2D eigenvalue weighted by Gasteiger charge is 2.04. The zero-order chi connectivity index (χ0) is 17.2. The molecular weight excluding hydrogens is 322 g/mol. The second kappa shape index (κ2) is 9.95. The number of nitrogens with one attached hydrogen (secondary N) is 1. The Morgan fingerprint density at radius 3 is 2.71 bits per heavy atom. The van der Waals surface area contributed by atoms with E-state index in [9.17, 15) is 4.79 Å². The number of aromatic nitrogens is 1. The summed E-state index contributed by atoms with van der Waals surface area (Å²) in [6.45, 7) is 1.51. The Labute approximate surface area is 147 Å². The van der Waals surface area contributed by atoms with Crippen molar-refractivity contribution in [1.82, 2.24) is 9.88 Å². The van der Waals surface area contributed by atoms with Crippen LogP contribution in [0.15, 0.2) is 48.8 Å². The molecule has 1 aromatic heterocycles. The van der Waals surface area contributed by atoms with Crippen LogP contribution >= 0.6 is 11.8 Å². The Morgan fingerprint density at radius 1 is 1.25 bits per heavy atom. The molecule has 1 aromatic carbocycles. The van der Waals surface area contributed by atoms with Crippen LogP contribution in [-0.4, -0.2) is 48.8 Å². The highest BCUT2D eigenvalue weighted by atomic mass is 32.2. The predicted octanol–water partition coefficient (Wildman–Crippen LogP) is 2.89. The Morgan fingerprint density at radius 2 is 2.04 bits per heavy atom. The molecule has 0 fully saturated rings. The quantitative estimate of drug-likeness (QED) is 0.757. The van der Waals surface area contributed by atoms with Crippen molar-refractivity contribution in [3.05, 3.63) is 54.4 Å². The van der Waals surface area contributed by atoms with Crippen LogP contribution in [0.5, 0.6) is 5.75 Å². The Hall–Kier alpha value is -2.05. The molecule has 0 aliphatic rings. The molecule has 0 atom stereocenters. The maximum absolute atomic E-state index is 12.0. The molecule has 0 saturated heterocycles. The SMILES string of the molecule is CN(C)CCOc1ccc(NC(=O)CSCc2cccnc2)cc1. The maximum Gasteiger partial charge on any atom is 0.234 e. The molecule has 1 amide bonds. The second-order valence-corrected chi connectivity index (χ2v) is 6.56. The van der Waals surface area contributed by atoms with Crippen LogP contribution in [0.3, 0.4) is 0 Å². The molecule has 6 heteroatoms. The normalized spacial score (nSPS) is 10.6. The number of rotatable bonds is 9. The first-order chi connectivity index (χ1) is 11.6. The van der Waals surface area contributed by atoms with Gasteiger partial charge >= 0.3 is 0 Å². The summed E-state index contributed by atoms with van der Waals surface area (Å²) in [6, 6.07) is 11.4. The van der Waals surface area contributed by atoms with E-state index >= 15 is 0 Å². The minimum Gasteiger partial charge on any atom is -0.492 e. The molecule has 0 aliphatic carbocycles. The number of benzene rings is 1. The van der Waals surface area contributed by atoms with E-state index in [2.05, 4.69) is 15.2 Å². The van der Waals surface area contributed by atoms with E-state index in [1.165, 1.54) is 0 Å². The number of nitrogens with zero attached hydrogens (tertiary/aromatic N) is 2. The number of likely N-dealkylation sites (N-methyl/N-ethyl adjacent to an activating group) is 1. The largest absolute Gasteiger partial charge is 0.492 e. The van der Waals surface area contributed by atoms with Crippen LogP contribution in [0.2, 0.25) is 0 Å². The highest BCUT2D eigenvalue weighted by molar-refractivity contribution is 7.99. The summed E-state index contributed by atoms with van der Waals surface area (Å²) in [6.07, 6.45) is 3.56. The van der Waals surface area contributed by atoms with E-state index in [1.807, 2.05) is 56.7 Å². The van der Waals surface area contributed by atoms with Gasteiger partial charge in [0.15, 0.2) is 0 Å². The van der Waals surface area contributed by atoms with Crippen molar-refractivity contribution in [2.24, 2.45) is 0 Å². The monoisotopic (exact) mass is 345 g/mol. The number of carbonyl (C=O) groups is 1. The van der Waals surface area contributed by atoms with Crippen molar-refractivity contribution in [3.8, 4) is 5.75 Å². The summed E-state index contributed by atoms with van der Waals surface area (Å²) in [7, 11) is 4.02. The summed E-state index contributed by atoms with van der Waals surface area (Å²) in [5, 5.41) is 2.89. The molecule has 2 aromatic rings. The number of carbonyl (C=O) groups excluding carboxylic acids is 1. The maximum atomic E-state index is 12.0. The molecular formula is C18H23N3O2S. The lowest BCUT2D eigenvalue weighted by atomic mass is 10.3. The first-order valence-electron chi connectivity index (χ1n) is 7.77. The third-order valence-electron chi connectivity index (χ3n) is 3.17. The summed E-state index contributed by atoms with van der Waals surface area (Å²) < 4.78 is 5.63. The van der Waals surface area contributed by atoms with Crippen molar-refractivity contribution in [3.63, 3.8) is 0 Å². The third kappa shape index (κ3) is 7.02. The molecule has 2 rings (SSSR count). The Bertz CT molecular complexity index is 618. The lowest BCUT2D eigenvalue weighted by Gasteiger charge is -2.11. The van der Waals surface area contributed by atoms with Gasteiger partial charge in [0.2, 0.25) is 5.91 Å². The van der Waals surface area contributed by atoms with Crippen molar-refractivity contribution in [1.29, 1.82) is 0 Å². The van der Waals surface area contributed by atoms with Gasteiger partial charge in [0.05, 0.1) is 5.75 Å². The molecule has 128 valence electrons. The van der Waals surface area contributed by atoms with Gasteiger partial charge in [-0.2, -0.15) is 0 Å². The average molecular weight is 345 g/mol. The van der Waals surface area contributed by atoms with E-state index in [0.29, 0.717) is 12.4 Å². The number of ether oxygens (including phenoxy) is 1. The number of hydrogen-bond acceptors (Lipinski definition) is 5. The first-order valence-corrected chi connectivity index (χ1v) is 8.93. The van der Waals surface area contributed by atoms with E-state index in [1.54, 1.807) is 18.0 Å². The van der Waals surface area contributed by atoms with Gasteiger partial charge in [-0.25, -0.2) is 0 Å². The van der Waals surface area contributed by atoms with Crippen molar-refractivity contribution in [2.45, 2.75) is 5.75 Å². The van der Waals surface area contributed by atoms with Crippen LogP contribution in [-0.2, 0) is 10.5 Å². The molecule has 1 N–H and O–H groups in total. The first kappa shape index (κ1) is 18.3. The molecule has 0 saturated carbocycles. The highest BCUT2D eigenvalue weighted by Crippen LogP contribution is 2.16. The van der Waals surface area contributed by atoms with Gasteiger partial charge in [-0.15, -0.1) is 11.8 Å². The molecule has 0 bridgehead atoms. The third-order valence-corrected chi connectivity index (χ3v) is 4.17. The van der Waals surface area contributed by atoms with Gasteiger partial charge in [0.25, 0.3) is 0 Å². The van der Waals surface area contributed by atoms with Gasteiger partial charge in [-0.3, -0.25) is 9.78 Å². The summed E-state index contributed by atoms with van der Waals surface area (Å²) in [5.41, 5.74) is 1.90. The number of hydrogen-bond donors (Lipinski definition) is 1. The van der Waals surface area contributed by atoms with E-state index in [0.717, 1.165) is 29.3 Å². The molecule has 24 heavy (non-hydrogen) atoms. The predicted molar refractivity (Wildman–Crippen MR) is 99.5 cm³/mol. The minimum atomic E-state index is -0.00911. The molecule has 5 nitrogen and oxygen atoms in total. The van der Waals surface area contributed by atoms with Crippen LogP contribution in [0.1, 0.15) is 5.56 Å². The number of pyridine rings is 1. The topological polar surface area (TPSA) is 54.5 Å². The van der Waals surface area contributed by atoms with E-state index in [-0.39, 0.29) is 5.91 Å². The molecule has 0 aliphatic heterocycles. The van der Waals surface area contributed by atoms with Gasteiger partial charge in [0, 0.05) is 30.4 Å². The number of anilines is 1. The number of thioether (sulfide) groups is 1. The summed E-state index contributed by atoms with van der Waals surface area (Å²) >= 11 is 1.57. The molecule has 1 heterocycles. The molecule has 0 spiro atoms. The van der Waals surface area contributed by atoms with Gasteiger partial charge in [-0.1, -0.05) is 6.07 Å². The van der Waals surface area contributed by atoms with Crippen LogP contribution < -0.4 is 10.1 Å². The van der Waals surface area contributed by atoms with Crippen molar-refractivity contribution < 1.29 is 9.53 Å². The fourth-order valence-electron chi connectivity index (χ4n) is 1.92. The zero-order valence-corrected chi connectivity index (χ0v) is 14.9. The lowest BCUT2D eigenvalue weighted by Crippen LogP contribution is -2.19. The van der Waals surface area contributed by atoms with E-state index < -0.39 is 0 Å².